The number of primary amides is 1. The Kier molecular flexibility index (Phi) is 9.52. The molecule has 2 unspecified atom stereocenters. The molecule has 40 heavy (non-hydrogen) atoms. The first-order chi connectivity index (χ1) is 18.7. The molecular formula is C31H38N4O5. The first-order valence-electron chi connectivity index (χ1n) is 13.2. The molecule has 3 aromatic rings. The second-order valence-electron chi connectivity index (χ2n) is 11.0. The number of carbonyl (C=O) groups excluding carboxylic acids is 4. The largest absolute Gasteiger partial charge is 0.444 e. The van der Waals surface area contributed by atoms with Crippen LogP contribution in [0.2, 0.25) is 0 Å². The number of carbonyl (C=O) groups is 4. The van der Waals surface area contributed by atoms with Crippen LogP contribution in [-0.2, 0) is 19.1 Å². The Morgan fingerprint density at radius 1 is 0.925 bits per heavy atom. The van der Waals surface area contributed by atoms with Crippen LogP contribution in [0, 0.1) is 13.8 Å². The monoisotopic (exact) mass is 546 g/mol. The Labute approximate surface area is 235 Å². The van der Waals surface area contributed by atoms with Gasteiger partial charge in [0, 0.05) is 19.2 Å². The van der Waals surface area contributed by atoms with Gasteiger partial charge in [-0.15, -0.1) is 0 Å². The summed E-state index contributed by atoms with van der Waals surface area (Å²) in [6.45, 7) is 8.93. The van der Waals surface area contributed by atoms with Gasteiger partial charge in [-0.3, -0.25) is 14.4 Å². The molecular weight excluding hydrogens is 508 g/mol. The van der Waals surface area contributed by atoms with E-state index in [0.29, 0.717) is 11.3 Å². The smallest absolute Gasteiger partial charge is 0.408 e. The van der Waals surface area contributed by atoms with E-state index in [1.165, 1.54) is 11.9 Å². The number of likely N-dealkylation sites (N-methyl/N-ethyl adjacent to an activating group) is 1. The topological polar surface area (TPSA) is 131 Å². The van der Waals surface area contributed by atoms with Crippen LogP contribution in [0.4, 0.5) is 10.5 Å². The highest BCUT2D eigenvalue weighted by Gasteiger charge is 2.34. The Bertz CT molecular complexity index is 1390. The lowest BCUT2D eigenvalue weighted by Gasteiger charge is -2.32. The average molecular weight is 547 g/mol. The molecule has 9 nitrogen and oxygen atoms in total. The van der Waals surface area contributed by atoms with Crippen molar-refractivity contribution < 1.29 is 23.9 Å². The number of nitrogens with one attached hydrogen (secondary N) is 2. The van der Waals surface area contributed by atoms with Crippen molar-refractivity contribution in [1.82, 2.24) is 10.2 Å². The van der Waals surface area contributed by atoms with Crippen molar-refractivity contribution in [2.45, 2.75) is 65.1 Å². The maximum atomic E-state index is 13.8. The van der Waals surface area contributed by atoms with Gasteiger partial charge >= 0.3 is 6.09 Å². The van der Waals surface area contributed by atoms with Gasteiger partial charge < -0.3 is 26.0 Å². The van der Waals surface area contributed by atoms with Gasteiger partial charge in [-0.05, 0) is 69.5 Å². The number of rotatable bonds is 9. The van der Waals surface area contributed by atoms with E-state index in [9.17, 15) is 19.2 Å². The van der Waals surface area contributed by atoms with Crippen LogP contribution in [0.25, 0.3) is 10.8 Å². The molecule has 0 fully saturated rings. The van der Waals surface area contributed by atoms with Gasteiger partial charge in [0.05, 0.1) is 0 Å². The second-order valence-corrected chi connectivity index (χ2v) is 11.0. The normalized spacial score (nSPS) is 12.8. The highest BCUT2D eigenvalue weighted by Crippen LogP contribution is 2.27. The van der Waals surface area contributed by atoms with Gasteiger partial charge in [-0.2, -0.15) is 0 Å². The molecule has 0 aliphatic heterocycles. The third-order valence-electron chi connectivity index (χ3n) is 6.23. The van der Waals surface area contributed by atoms with Crippen molar-refractivity contribution in [2.24, 2.45) is 5.73 Å². The second kappa shape index (κ2) is 12.6. The molecule has 0 bridgehead atoms. The molecule has 0 aliphatic carbocycles. The molecule has 9 heteroatoms. The number of hydrogen-bond donors (Lipinski definition) is 3. The zero-order valence-electron chi connectivity index (χ0n) is 23.9. The fourth-order valence-corrected chi connectivity index (χ4v) is 4.56. The SMILES string of the molecule is Cc1cc(C)cc(C(C(=O)Nc2ccc3ccccc3c2)N(C)C(=O)C(CCC(N)=O)NC(=O)OC(C)(C)C)c1. The number of benzene rings is 3. The van der Waals surface area contributed by atoms with Crippen molar-refractivity contribution in [3.8, 4) is 0 Å². The summed E-state index contributed by atoms with van der Waals surface area (Å²) in [6.07, 6.45) is -1.01. The number of fused-ring (bicyclic) bond motifs is 1. The third kappa shape index (κ3) is 8.30. The van der Waals surface area contributed by atoms with E-state index in [-0.39, 0.29) is 12.8 Å². The van der Waals surface area contributed by atoms with Gasteiger partial charge in [0.1, 0.15) is 17.7 Å². The van der Waals surface area contributed by atoms with Gasteiger partial charge in [0.25, 0.3) is 5.91 Å². The van der Waals surface area contributed by atoms with E-state index in [2.05, 4.69) is 10.6 Å². The van der Waals surface area contributed by atoms with E-state index in [1.54, 1.807) is 26.8 Å². The maximum absolute atomic E-state index is 13.8. The summed E-state index contributed by atoms with van der Waals surface area (Å²) in [4.78, 5) is 53.0. The van der Waals surface area contributed by atoms with Crippen molar-refractivity contribution in [3.63, 3.8) is 0 Å². The molecule has 0 saturated carbocycles. The summed E-state index contributed by atoms with van der Waals surface area (Å²) in [6, 6.07) is 16.9. The number of nitrogens with two attached hydrogens (primary N) is 1. The summed E-state index contributed by atoms with van der Waals surface area (Å²) >= 11 is 0. The zero-order valence-corrected chi connectivity index (χ0v) is 23.9. The average Bonchev–Trinajstić information content (AvgIpc) is 2.84. The van der Waals surface area contributed by atoms with Gasteiger partial charge in [-0.1, -0.05) is 59.7 Å². The van der Waals surface area contributed by atoms with Crippen LogP contribution < -0.4 is 16.4 Å². The highest BCUT2D eigenvalue weighted by atomic mass is 16.6. The summed E-state index contributed by atoms with van der Waals surface area (Å²) in [5, 5.41) is 7.50. The summed E-state index contributed by atoms with van der Waals surface area (Å²) < 4.78 is 5.33. The molecule has 3 aromatic carbocycles. The Balaban J connectivity index is 1.96. The van der Waals surface area contributed by atoms with Crippen molar-refractivity contribution in [3.05, 3.63) is 77.4 Å². The molecule has 0 aromatic heterocycles. The Morgan fingerprint density at radius 2 is 1.55 bits per heavy atom. The third-order valence-corrected chi connectivity index (χ3v) is 6.23. The zero-order chi connectivity index (χ0) is 29.6. The molecule has 0 radical (unpaired) electrons. The predicted molar refractivity (Wildman–Crippen MR) is 156 cm³/mol. The minimum atomic E-state index is -1.14. The number of anilines is 1. The van der Waals surface area contributed by atoms with Crippen LogP contribution in [0.5, 0.6) is 0 Å². The predicted octanol–water partition coefficient (Wildman–Crippen LogP) is 4.75. The van der Waals surface area contributed by atoms with E-state index >= 15 is 0 Å². The molecule has 4 N–H and O–H groups in total. The molecule has 0 spiro atoms. The fraction of sp³-hybridized carbons (Fsp3) is 0.355. The quantitative estimate of drug-likeness (QED) is 0.356. The van der Waals surface area contributed by atoms with E-state index < -0.39 is 41.5 Å². The Morgan fingerprint density at radius 3 is 2.15 bits per heavy atom. The van der Waals surface area contributed by atoms with Gasteiger partial charge in [0.2, 0.25) is 11.8 Å². The molecule has 3 rings (SSSR count). The van der Waals surface area contributed by atoms with E-state index in [0.717, 1.165) is 21.9 Å². The lowest BCUT2D eigenvalue weighted by molar-refractivity contribution is -0.139. The van der Waals surface area contributed by atoms with Crippen LogP contribution in [0.1, 0.15) is 56.3 Å². The minimum Gasteiger partial charge on any atom is -0.444 e. The van der Waals surface area contributed by atoms with Crippen LogP contribution in [-0.4, -0.2) is 47.4 Å². The van der Waals surface area contributed by atoms with Gasteiger partial charge in [-0.25, -0.2) is 4.79 Å². The summed E-state index contributed by atoms with van der Waals surface area (Å²) in [7, 11) is 1.50. The number of hydrogen-bond acceptors (Lipinski definition) is 5. The molecule has 0 saturated heterocycles. The summed E-state index contributed by atoms with van der Waals surface area (Å²) in [5.74, 6) is -1.61. The lowest BCUT2D eigenvalue weighted by Crippen LogP contribution is -2.51. The minimum absolute atomic E-state index is 0.0520. The first kappa shape index (κ1) is 30.1. The van der Waals surface area contributed by atoms with E-state index in [1.807, 2.05) is 68.4 Å². The molecule has 0 heterocycles. The number of ether oxygens (including phenoxy) is 1. The maximum Gasteiger partial charge on any atom is 0.408 e. The molecule has 4 amide bonds. The number of aryl methyl sites for hydroxylation is 2. The van der Waals surface area contributed by atoms with Crippen LogP contribution in [0.3, 0.4) is 0 Å². The van der Waals surface area contributed by atoms with Crippen molar-refractivity contribution in [2.75, 3.05) is 12.4 Å². The number of nitrogens with zero attached hydrogens (tertiary/aromatic N) is 1. The van der Waals surface area contributed by atoms with Crippen LogP contribution >= 0.6 is 0 Å². The fourth-order valence-electron chi connectivity index (χ4n) is 4.56. The van der Waals surface area contributed by atoms with Crippen molar-refractivity contribution in [1.29, 1.82) is 0 Å². The molecule has 212 valence electrons. The standard InChI is InChI=1S/C31H38N4O5/c1-19-15-20(2)17-23(16-19)27(28(37)33-24-12-11-21-9-7-8-10-22(21)18-24)35(6)29(38)25(13-14-26(32)36)34-30(39)40-31(3,4)5/h7-12,15-18,25,27H,13-14H2,1-6H3,(H2,32,36)(H,33,37)(H,34,39). The number of amides is 4. The summed E-state index contributed by atoms with van der Waals surface area (Å²) in [5.41, 5.74) is 7.58. The first-order valence-corrected chi connectivity index (χ1v) is 13.2. The lowest BCUT2D eigenvalue weighted by atomic mass is 9.98. The number of alkyl carbamates (subject to hydrolysis) is 1. The highest BCUT2D eigenvalue weighted by molar-refractivity contribution is 6.00. The molecule has 2 atom stereocenters. The Hall–Kier alpha value is -4.40. The van der Waals surface area contributed by atoms with Crippen LogP contribution in [0.15, 0.2) is 60.7 Å². The molecule has 0 aliphatic rings. The van der Waals surface area contributed by atoms with Gasteiger partial charge in [0.15, 0.2) is 0 Å². The van der Waals surface area contributed by atoms with E-state index in [4.69, 9.17) is 10.5 Å². The van der Waals surface area contributed by atoms with Crippen molar-refractivity contribution >= 4 is 40.3 Å².